The van der Waals surface area contributed by atoms with Crippen molar-refractivity contribution in [3.63, 3.8) is 0 Å². The van der Waals surface area contributed by atoms with Crippen molar-refractivity contribution in [3.05, 3.63) is 65.5 Å². The first-order valence-corrected chi connectivity index (χ1v) is 10.2. The van der Waals surface area contributed by atoms with Crippen molar-refractivity contribution in [2.75, 3.05) is 19.4 Å². The second kappa shape index (κ2) is 8.38. The van der Waals surface area contributed by atoms with Gasteiger partial charge in [-0.2, -0.15) is 0 Å². The lowest BCUT2D eigenvalue weighted by Crippen LogP contribution is -2.29. The number of aromatic nitrogens is 1. The van der Waals surface area contributed by atoms with Gasteiger partial charge in [0.25, 0.3) is 5.91 Å². The summed E-state index contributed by atoms with van der Waals surface area (Å²) in [5.41, 5.74) is 6.32. The normalized spacial score (nSPS) is 13.0. The summed E-state index contributed by atoms with van der Waals surface area (Å²) in [5.74, 6) is -0.218. The van der Waals surface area contributed by atoms with Crippen LogP contribution in [0, 0.1) is 0 Å². The summed E-state index contributed by atoms with van der Waals surface area (Å²) < 4.78 is 5.34. The van der Waals surface area contributed by atoms with Crippen LogP contribution in [-0.2, 0) is 11.2 Å². The van der Waals surface area contributed by atoms with Crippen molar-refractivity contribution in [1.29, 1.82) is 0 Å². The van der Waals surface area contributed by atoms with Crippen molar-refractivity contribution in [2.24, 2.45) is 0 Å². The fourth-order valence-electron chi connectivity index (χ4n) is 3.55. The summed E-state index contributed by atoms with van der Waals surface area (Å²) in [5, 5.41) is 2.70. The summed E-state index contributed by atoms with van der Waals surface area (Å²) >= 11 is 0. The summed E-state index contributed by atoms with van der Waals surface area (Å²) in [7, 11) is 3.35. The van der Waals surface area contributed by atoms with E-state index < -0.39 is 11.7 Å². The second-order valence-corrected chi connectivity index (χ2v) is 8.88. The maximum absolute atomic E-state index is 12.8. The Morgan fingerprint density at radius 3 is 2.52 bits per heavy atom. The maximum atomic E-state index is 12.8. The van der Waals surface area contributed by atoms with Crippen molar-refractivity contribution in [2.45, 2.75) is 39.7 Å². The highest BCUT2D eigenvalue weighted by Gasteiger charge is 2.22. The Morgan fingerprint density at radius 2 is 1.90 bits per heavy atom. The van der Waals surface area contributed by atoms with Crippen LogP contribution in [0.2, 0.25) is 0 Å². The van der Waals surface area contributed by atoms with Crippen LogP contribution in [0.25, 0.3) is 16.7 Å². The minimum absolute atomic E-state index is 0.218. The van der Waals surface area contributed by atoms with Crippen LogP contribution in [0.5, 0.6) is 0 Å². The monoisotopic (exact) mass is 419 g/mol. The van der Waals surface area contributed by atoms with E-state index in [1.807, 2.05) is 18.3 Å². The minimum atomic E-state index is -0.639. The fraction of sp³-hybridized carbons (Fsp3) is 0.320. The molecule has 2 amide bonds. The molecule has 162 valence electrons. The molecule has 31 heavy (non-hydrogen) atoms. The molecule has 0 spiro atoms. The van der Waals surface area contributed by atoms with Gasteiger partial charge in [0.15, 0.2) is 0 Å². The zero-order valence-corrected chi connectivity index (χ0v) is 19.0. The van der Waals surface area contributed by atoms with Crippen LogP contribution in [-0.4, -0.2) is 41.6 Å². The number of rotatable bonds is 4. The standard InChI is InChI=1S/C25H29N3O3/c1-8-18-15(2)11-22-19(18)13-17(14-26-22)16-9-10-21(20(12-16)23(29)28(6)7)27-24(30)31-25(3,4)5/h8-10,12-14H,1,11H2,2-7H3,(H,27,30). The number of nitrogens with zero attached hydrogens (tertiary/aromatic N) is 2. The molecule has 1 aromatic carbocycles. The molecule has 1 aromatic heterocycles. The molecule has 0 saturated carbocycles. The highest BCUT2D eigenvalue weighted by Crippen LogP contribution is 2.35. The van der Waals surface area contributed by atoms with Gasteiger partial charge in [-0.15, -0.1) is 0 Å². The molecule has 3 rings (SSSR count). The van der Waals surface area contributed by atoms with Gasteiger partial charge >= 0.3 is 6.09 Å². The van der Waals surface area contributed by atoms with Crippen molar-refractivity contribution >= 4 is 23.3 Å². The number of amides is 2. The zero-order chi connectivity index (χ0) is 22.9. The minimum Gasteiger partial charge on any atom is -0.444 e. The lowest BCUT2D eigenvalue weighted by Gasteiger charge is -2.21. The van der Waals surface area contributed by atoms with Gasteiger partial charge in [-0.1, -0.05) is 24.3 Å². The predicted molar refractivity (Wildman–Crippen MR) is 124 cm³/mol. The van der Waals surface area contributed by atoms with E-state index in [9.17, 15) is 9.59 Å². The van der Waals surface area contributed by atoms with Crippen molar-refractivity contribution in [1.82, 2.24) is 9.88 Å². The third kappa shape index (κ3) is 4.85. The first kappa shape index (κ1) is 22.3. The van der Waals surface area contributed by atoms with E-state index in [0.29, 0.717) is 11.3 Å². The molecule has 2 aromatic rings. The van der Waals surface area contributed by atoms with Gasteiger partial charge in [0.2, 0.25) is 0 Å². The van der Waals surface area contributed by atoms with Gasteiger partial charge in [0.05, 0.1) is 16.9 Å². The molecule has 6 heteroatoms. The number of hydrogen-bond donors (Lipinski definition) is 1. The molecule has 0 aliphatic heterocycles. The molecule has 1 N–H and O–H groups in total. The Hall–Kier alpha value is -3.41. The summed E-state index contributed by atoms with van der Waals surface area (Å²) in [6.07, 6.45) is 3.89. The summed E-state index contributed by atoms with van der Waals surface area (Å²) in [4.78, 5) is 31.2. The lowest BCUT2D eigenvalue weighted by atomic mass is 9.99. The number of anilines is 1. The Balaban J connectivity index is 2.01. The topological polar surface area (TPSA) is 71.5 Å². The Kier molecular flexibility index (Phi) is 6.02. The van der Waals surface area contributed by atoms with Crippen LogP contribution in [0.15, 0.2) is 48.7 Å². The number of pyridine rings is 1. The largest absolute Gasteiger partial charge is 0.444 e. The van der Waals surface area contributed by atoms with E-state index in [4.69, 9.17) is 4.74 Å². The van der Waals surface area contributed by atoms with E-state index in [-0.39, 0.29) is 5.91 Å². The number of nitrogens with one attached hydrogen (secondary N) is 1. The molecule has 0 bridgehead atoms. The van der Waals surface area contributed by atoms with E-state index in [1.165, 1.54) is 10.5 Å². The van der Waals surface area contributed by atoms with Crippen LogP contribution in [0.1, 0.15) is 49.3 Å². The smallest absolute Gasteiger partial charge is 0.412 e. The SMILES string of the molecule is C=CC1=C(C)Cc2ncc(-c3ccc(NC(=O)OC(C)(C)C)c(C(=O)N(C)C)c3)cc21. The molecule has 0 fully saturated rings. The van der Waals surface area contributed by atoms with Crippen molar-refractivity contribution in [3.8, 4) is 11.1 Å². The first-order valence-electron chi connectivity index (χ1n) is 10.2. The van der Waals surface area contributed by atoms with Gasteiger partial charge in [0, 0.05) is 37.8 Å². The van der Waals surface area contributed by atoms with Crippen molar-refractivity contribution < 1.29 is 14.3 Å². The average Bonchev–Trinajstić information content (AvgIpc) is 3.00. The number of carbonyl (C=O) groups excluding carboxylic acids is 2. The average molecular weight is 420 g/mol. The number of hydrogen-bond acceptors (Lipinski definition) is 4. The maximum Gasteiger partial charge on any atom is 0.412 e. The van der Waals surface area contributed by atoms with Crippen LogP contribution in [0.4, 0.5) is 10.5 Å². The van der Waals surface area contributed by atoms with E-state index >= 15 is 0 Å². The van der Waals surface area contributed by atoms with E-state index in [2.05, 4.69) is 29.9 Å². The quantitative estimate of drug-likeness (QED) is 0.729. The Labute approximate surface area is 183 Å². The Morgan fingerprint density at radius 1 is 1.19 bits per heavy atom. The molecule has 0 unspecified atom stereocenters. The summed E-state index contributed by atoms with van der Waals surface area (Å²) in [6.45, 7) is 11.4. The van der Waals surface area contributed by atoms with Crippen LogP contribution >= 0.6 is 0 Å². The van der Waals surface area contributed by atoms with Gasteiger partial charge < -0.3 is 9.64 Å². The molecule has 1 heterocycles. The number of ether oxygens (including phenoxy) is 1. The van der Waals surface area contributed by atoms with Gasteiger partial charge in [-0.25, -0.2) is 4.79 Å². The number of fused-ring (bicyclic) bond motifs is 1. The summed E-state index contributed by atoms with van der Waals surface area (Å²) in [6, 6.07) is 7.44. The molecule has 0 radical (unpaired) electrons. The lowest BCUT2D eigenvalue weighted by molar-refractivity contribution is 0.0636. The molecule has 6 nitrogen and oxygen atoms in total. The highest BCUT2D eigenvalue weighted by molar-refractivity contribution is 6.03. The molecule has 0 atom stereocenters. The Bertz CT molecular complexity index is 1090. The number of allylic oxidation sites excluding steroid dienone is 3. The number of carbonyl (C=O) groups is 2. The first-order chi connectivity index (χ1) is 14.5. The van der Waals surface area contributed by atoms with Crippen LogP contribution < -0.4 is 5.32 Å². The van der Waals surface area contributed by atoms with Crippen LogP contribution in [0.3, 0.4) is 0 Å². The van der Waals surface area contributed by atoms with Gasteiger partial charge in [0.1, 0.15) is 5.60 Å². The number of benzene rings is 1. The highest BCUT2D eigenvalue weighted by atomic mass is 16.6. The van der Waals surface area contributed by atoms with Gasteiger partial charge in [-0.3, -0.25) is 15.1 Å². The molecule has 1 aliphatic carbocycles. The molecule has 1 aliphatic rings. The van der Waals surface area contributed by atoms with Gasteiger partial charge in [-0.05, 0) is 57.0 Å². The zero-order valence-electron chi connectivity index (χ0n) is 19.0. The predicted octanol–water partition coefficient (Wildman–Crippen LogP) is 5.31. The molecule has 0 saturated heterocycles. The third-order valence-corrected chi connectivity index (χ3v) is 4.98. The third-order valence-electron chi connectivity index (χ3n) is 4.98. The fourth-order valence-corrected chi connectivity index (χ4v) is 3.55. The molecular weight excluding hydrogens is 390 g/mol. The molecular formula is C25H29N3O3. The van der Waals surface area contributed by atoms with E-state index in [1.54, 1.807) is 47.0 Å². The van der Waals surface area contributed by atoms with E-state index in [0.717, 1.165) is 34.4 Å². The second-order valence-electron chi connectivity index (χ2n) is 8.88.